The minimum absolute atomic E-state index is 0.765. The minimum Gasteiger partial charge on any atom is -0.317 e. The lowest BCUT2D eigenvalue weighted by atomic mass is 9.96. The van der Waals surface area contributed by atoms with Crippen molar-refractivity contribution in [2.24, 2.45) is 5.92 Å². The Labute approximate surface area is 115 Å². The van der Waals surface area contributed by atoms with Gasteiger partial charge in [0.2, 0.25) is 0 Å². The first-order valence-electron chi connectivity index (χ1n) is 8.15. The van der Waals surface area contributed by atoms with Gasteiger partial charge in [0.1, 0.15) is 0 Å². The Bertz CT molecular complexity index is 188. The van der Waals surface area contributed by atoms with E-state index in [0.29, 0.717) is 0 Å². The van der Waals surface area contributed by atoms with Crippen LogP contribution in [0.2, 0.25) is 0 Å². The number of hydrogen-bond acceptors (Lipinski definition) is 2. The molecule has 1 atom stereocenters. The Morgan fingerprint density at radius 1 is 1.11 bits per heavy atom. The van der Waals surface area contributed by atoms with E-state index in [9.17, 15) is 0 Å². The summed E-state index contributed by atoms with van der Waals surface area (Å²) in [6.07, 6.45) is 11.2. The quantitative estimate of drug-likeness (QED) is 0.632. The second kappa shape index (κ2) is 9.80. The van der Waals surface area contributed by atoms with Gasteiger partial charge < -0.3 is 10.2 Å². The van der Waals surface area contributed by atoms with Crippen molar-refractivity contribution >= 4 is 0 Å². The monoisotopic (exact) mass is 254 g/mol. The molecular weight excluding hydrogens is 220 g/mol. The Kier molecular flexibility index (Phi) is 8.70. The molecule has 1 rings (SSSR count). The summed E-state index contributed by atoms with van der Waals surface area (Å²) in [7, 11) is 2.32. The molecule has 18 heavy (non-hydrogen) atoms. The summed E-state index contributed by atoms with van der Waals surface area (Å²) in [5, 5.41) is 3.45. The van der Waals surface area contributed by atoms with Crippen LogP contribution >= 0.6 is 0 Å². The summed E-state index contributed by atoms with van der Waals surface area (Å²) in [5.74, 6) is 0.929. The van der Waals surface area contributed by atoms with E-state index in [2.05, 4.69) is 31.1 Å². The molecule has 2 heteroatoms. The molecule has 0 spiro atoms. The highest BCUT2D eigenvalue weighted by molar-refractivity contribution is 4.73. The SMILES string of the molecule is CCCCCCCC(C)N(C)CC1CCNCC1. The van der Waals surface area contributed by atoms with Crippen LogP contribution in [-0.2, 0) is 0 Å². The smallest absolute Gasteiger partial charge is 0.00639 e. The molecule has 1 N–H and O–H groups in total. The molecule has 1 unspecified atom stereocenters. The van der Waals surface area contributed by atoms with Gasteiger partial charge in [-0.05, 0) is 52.2 Å². The van der Waals surface area contributed by atoms with Crippen molar-refractivity contribution in [3.05, 3.63) is 0 Å². The third kappa shape index (κ3) is 6.75. The highest BCUT2D eigenvalue weighted by Gasteiger charge is 2.17. The average molecular weight is 254 g/mol. The molecule has 0 aromatic rings. The number of piperidine rings is 1. The van der Waals surface area contributed by atoms with Crippen molar-refractivity contribution in [2.75, 3.05) is 26.7 Å². The van der Waals surface area contributed by atoms with Crippen LogP contribution in [0.5, 0.6) is 0 Å². The summed E-state index contributed by atoms with van der Waals surface area (Å²) in [6.45, 7) is 8.45. The van der Waals surface area contributed by atoms with Crippen LogP contribution in [0.4, 0.5) is 0 Å². The van der Waals surface area contributed by atoms with Gasteiger partial charge >= 0.3 is 0 Å². The fourth-order valence-electron chi connectivity index (χ4n) is 2.92. The maximum absolute atomic E-state index is 3.45. The number of nitrogens with zero attached hydrogens (tertiary/aromatic N) is 1. The molecule has 1 aliphatic heterocycles. The maximum atomic E-state index is 3.45. The second-order valence-electron chi connectivity index (χ2n) is 6.18. The van der Waals surface area contributed by atoms with Crippen LogP contribution in [0.3, 0.4) is 0 Å². The Morgan fingerprint density at radius 3 is 2.44 bits per heavy atom. The van der Waals surface area contributed by atoms with Crippen LogP contribution in [0.15, 0.2) is 0 Å². The minimum atomic E-state index is 0.765. The Balaban J connectivity index is 2.06. The lowest BCUT2D eigenvalue weighted by Gasteiger charge is -2.31. The van der Waals surface area contributed by atoms with Crippen molar-refractivity contribution in [1.29, 1.82) is 0 Å². The van der Waals surface area contributed by atoms with Gasteiger partial charge in [-0.25, -0.2) is 0 Å². The number of nitrogens with one attached hydrogen (secondary N) is 1. The first-order valence-corrected chi connectivity index (χ1v) is 8.15. The molecule has 0 aromatic heterocycles. The fraction of sp³-hybridized carbons (Fsp3) is 1.00. The lowest BCUT2D eigenvalue weighted by Crippen LogP contribution is -2.38. The highest BCUT2D eigenvalue weighted by Crippen LogP contribution is 2.16. The van der Waals surface area contributed by atoms with Crippen LogP contribution < -0.4 is 5.32 Å². The molecule has 2 nitrogen and oxygen atoms in total. The van der Waals surface area contributed by atoms with Crippen molar-refractivity contribution in [1.82, 2.24) is 10.2 Å². The molecule has 108 valence electrons. The lowest BCUT2D eigenvalue weighted by molar-refractivity contribution is 0.186. The summed E-state index contributed by atoms with van der Waals surface area (Å²) in [5.41, 5.74) is 0. The molecule has 1 aliphatic rings. The van der Waals surface area contributed by atoms with Crippen molar-refractivity contribution in [3.63, 3.8) is 0 Å². The van der Waals surface area contributed by atoms with Gasteiger partial charge in [0.15, 0.2) is 0 Å². The predicted molar refractivity (Wildman–Crippen MR) is 81.1 cm³/mol. The first kappa shape index (κ1) is 16.0. The van der Waals surface area contributed by atoms with Gasteiger partial charge in [0, 0.05) is 12.6 Å². The van der Waals surface area contributed by atoms with Gasteiger partial charge in [-0.15, -0.1) is 0 Å². The molecule has 1 heterocycles. The Morgan fingerprint density at radius 2 is 1.78 bits per heavy atom. The largest absolute Gasteiger partial charge is 0.317 e. The Hall–Kier alpha value is -0.0800. The summed E-state index contributed by atoms with van der Waals surface area (Å²) >= 11 is 0. The summed E-state index contributed by atoms with van der Waals surface area (Å²) in [4.78, 5) is 2.59. The number of unbranched alkanes of at least 4 members (excludes halogenated alkanes) is 4. The van der Waals surface area contributed by atoms with E-state index in [1.165, 1.54) is 71.0 Å². The number of hydrogen-bond donors (Lipinski definition) is 1. The van der Waals surface area contributed by atoms with Gasteiger partial charge in [0.05, 0.1) is 0 Å². The predicted octanol–water partition coefficient (Wildman–Crippen LogP) is 3.67. The molecule has 0 amide bonds. The molecule has 1 saturated heterocycles. The van der Waals surface area contributed by atoms with Crippen molar-refractivity contribution < 1.29 is 0 Å². The molecule has 0 radical (unpaired) electrons. The van der Waals surface area contributed by atoms with E-state index in [1.54, 1.807) is 0 Å². The van der Waals surface area contributed by atoms with E-state index in [1.807, 2.05) is 0 Å². The van der Waals surface area contributed by atoms with Gasteiger partial charge in [-0.2, -0.15) is 0 Å². The van der Waals surface area contributed by atoms with E-state index in [4.69, 9.17) is 0 Å². The zero-order valence-corrected chi connectivity index (χ0v) is 12.9. The summed E-state index contributed by atoms with van der Waals surface area (Å²) in [6, 6.07) is 0.765. The van der Waals surface area contributed by atoms with E-state index >= 15 is 0 Å². The van der Waals surface area contributed by atoms with Crippen LogP contribution in [-0.4, -0.2) is 37.6 Å². The highest BCUT2D eigenvalue weighted by atomic mass is 15.1. The number of rotatable bonds is 9. The van der Waals surface area contributed by atoms with E-state index in [0.717, 1.165) is 12.0 Å². The topological polar surface area (TPSA) is 15.3 Å². The van der Waals surface area contributed by atoms with Gasteiger partial charge in [-0.1, -0.05) is 39.0 Å². The second-order valence-corrected chi connectivity index (χ2v) is 6.18. The van der Waals surface area contributed by atoms with Crippen LogP contribution in [0.1, 0.15) is 65.2 Å². The molecule has 0 saturated carbocycles. The average Bonchev–Trinajstić information content (AvgIpc) is 2.39. The van der Waals surface area contributed by atoms with Gasteiger partial charge in [-0.3, -0.25) is 0 Å². The molecule has 0 bridgehead atoms. The maximum Gasteiger partial charge on any atom is 0.00639 e. The zero-order chi connectivity index (χ0) is 13.2. The zero-order valence-electron chi connectivity index (χ0n) is 12.9. The molecule has 0 aliphatic carbocycles. The molecule has 1 fully saturated rings. The van der Waals surface area contributed by atoms with Crippen molar-refractivity contribution in [3.8, 4) is 0 Å². The fourth-order valence-corrected chi connectivity index (χ4v) is 2.92. The van der Waals surface area contributed by atoms with Gasteiger partial charge in [0.25, 0.3) is 0 Å². The van der Waals surface area contributed by atoms with Crippen molar-refractivity contribution in [2.45, 2.75) is 71.3 Å². The van der Waals surface area contributed by atoms with E-state index < -0.39 is 0 Å². The van der Waals surface area contributed by atoms with Crippen LogP contribution in [0, 0.1) is 5.92 Å². The normalized spacial score (nSPS) is 19.3. The molecule has 0 aromatic carbocycles. The first-order chi connectivity index (χ1) is 8.74. The standard InChI is InChI=1S/C16H34N2/c1-4-5-6-7-8-9-15(2)18(3)14-16-10-12-17-13-11-16/h15-17H,4-14H2,1-3H3. The van der Waals surface area contributed by atoms with E-state index in [-0.39, 0.29) is 0 Å². The van der Waals surface area contributed by atoms with Crippen LogP contribution in [0.25, 0.3) is 0 Å². The summed E-state index contributed by atoms with van der Waals surface area (Å²) < 4.78 is 0. The third-order valence-corrected chi connectivity index (χ3v) is 4.48. The molecular formula is C16H34N2. The third-order valence-electron chi connectivity index (χ3n) is 4.48.